The van der Waals surface area contributed by atoms with Crippen molar-refractivity contribution < 1.29 is 13.2 Å². The topological polar surface area (TPSA) is 99.7 Å². The van der Waals surface area contributed by atoms with Gasteiger partial charge in [-0.15, -0.1) is 24.0 Å². The number of rotatable bonds is 7. The minimum atomic E-state index is -3.21. The van der Waals surface area contributed by atoms with E-state index in [-0.39, 0.29) is 29.9 Å². The summed E-state index contributed by atoms with van der Waals surface area (Å²) in [5, 5.41) is 8.95. The van der Waals surface area contributed by atoms with Gasteiger partial charge in [-0.3, -0.25) is 4.79 Å². The Hall–Kier alpha value is -1.36. The van der Waals surface area contributed by atoms with Crippen LogP contribution in [0.15, 0.2) is 28.1 Å². The first kappa shape index (κ1) is 23.6. The molecule has 0 aliphatic carbocycles. The van der Waals surface area contributed by atoms with Crippen molar-refractivity contribution in [2.45, 2.75) is 32.2 Å². The Morgan fingerprint density at radius 1 is 1.16 bits per heavy atom. The van der Waals surface area contributed by atoms with Crippen LogP contribution in [0.4, 0.5) is 0 Å². The van der Waals surface area contributed by atoms with Crippen LogP contribution in [0.3, 0.4) is 0 Å². The summed E-state index contributed by atoms with van der Waals surface area (Å²) in [5.41, 5.74) is 1.65. The fourth-order valence-corrected chi connectivity index (χ4v) is 3.12. The van der Waals surface area contributed by atoms with Crippen molar-refractivity contribution in [3.8, 4) is 0 Å². The molecule has 0 heterocycles. The Kier molecular flexibility index (Phi) is 10.7. The number of carbonyl (C=O) groups excluding carboxylic acids is 1. The zero-order valence-electron chi connectivity index (χ0n) is 15.0. The summed E-state index contributed by atoms with van der Waals surface area (Å²) in [6.45, 7) is 7.45. The predicted molar refractivity (Wildman–Crippen MR) is 111 cm³/mol. The van der Waals surface area contributed by atoms with Crippen molar-refractivity contribution in [3.05, 3.63) is 29.3 Å². The molecule has 0 aliphatic heterocycles. The van der Waals surface area contributed by atoms with E-state index < -0.39 is 9.84 Å². The summed E-state index contributed by atoms with van der Waals surface area (Å²) in [5.74, 6) is 0.577. The highest BCUT2D eigenvalue weighted by atomic mass is 127. The van der Waals surface area contributed by atoms with Crippen LogP contribution < -0.4 is 16.0 Å². The molecule has 0 aliphatic rings. The molecular weight excluding hydrogens is 455 g/mol. The second-order valence-electron chi connectivity index (χ2n) is 5.48. The number of hydrogen-bond donors (Lipinski definition) is 3. The molecule has 1 amide bonds. The Morgan fingerprint density at radius 3 is 2.32 bits per heavy atom. The molecule has 0 aromatic heterocycles. The Morgan fingerprint density at radius 2 is 1.80 bits per heavy atom. The first-order valence-electron chi connectivity index (χ1n) is 7.80. The van der Waals surface area contributed by atoms with Gasteiger partial charge in [0.1, 0.15) is 0 Å². The summed E-state index contributed by atoms with van der Waals surface area (Å²) in [7, 11) is -3.21. The highest BCUT2D eigenvalue weighted by Gasteiger charge is 2.10. The van der Waals surface area contributed by atoms with Gasteiger partial charge in [0.15, 0.2) is 15.8 Å². The number of aryl methyl sites for hydroxylation is 1. The number of guanidine groups is 1. The van der Waals surface area contributed by atoms with Gasteiger partial charge in [0.25, 0.3) is 0 Å². The Labute approximate surface area is 167 Å². The number of nitrogens with one attached hydrogen (secondary N) is 3. The second kappa shape index (κ2) is 11.3. The zero-order valence-corrected chi connectivity index (χ0v) is 18.2. The monoisotopic (exact) mass is 482 g/mol. The van der Waals surface area contributed by atoms with E-state index in [1.807, 2.05) is 13.0 Å². The quantitative estimate of drug-likeness (QED) is 0.235. The number of hydrogen-bond acceptors (Lipinski definition) is 4. The Balaban J connectivity index is 0.00000576. The highest BCUT2D eigenvalue weighted by Crippen LogP contribution is 2.17. The standard InChI is InChI=1S/C16H26N4O3S.HI/c1-5-17-16(19-9-8-18-13(3)21)20-11-14-6-7-15(12(2)10-14)24(4,22)23;/h6-7,10H,5,8-9,11H2,1-4H3,(H,18,21)(H2,17,19,20);1H. The van der Waals surface area contributed by atoms with Crippen molar-refractivity contribution in [3.63, 3.8) is 0 Å². The molecule has 3 N–H and O–H groups in total. The third kappa shape index (κ3) is 9.05. The number of amides is 1. The third-order valence-corrected chi connectivity index (χ3v) is 4.45. The Bertz CT molecular complexity index is 705. The fourth-order valence-electron chi connectivity index (χ4n) is 2.16. The molecule has 25 heavy (non-hydrogen) atoms. The van der Waals surface area contributed by atoms with Crippen LogP contribution >= 0.6 is 24.0 Å². The average Bonchev–Trinajstić information content (AvgIpc) is 2.47. The number of aliphatic imine (C=N–C) groups is 1. The molecule has 0 saturated heterocycles. The molecular formula is C16H27IN4O3S. The zero-order chi connectivity index (χ0) is 18.2. The average molecular weight is 482 g/mol. The minimum absolute atomic E-state index is 0. The molecule has 1 aromatic rings. The van der Waals surface area contributed by atoms with Crippen molar-refractivity contribution in [1.82, 2.24) is 16.0 Å². The van der Waals surface area contributed by atoms with Gasteiger partial charge in [0, 0.05) is 32.8 Å². The number of carbonyl (C=O) groups is 1. The van der Waals surface area contributed by atoms with Crippen LogP contribution in [-0.4, -0.2) is 46.2 Å². The fraction of sp³-hybridized carbons (Fsp3) is 0.500. The SMILES string of the molecule is CCNC(=NCc1ccc(S(C)(=O)=O)c(C)c1)NCCNC(C)=O.I. The van der Waals surface area contributed by atoms with E-state index in [4.69, 9.17) is 0 Å². The van der Waals surface area contributed by atoms with Crippen molar-refractivity contribution in [2.75, 3.05) is 25.9 Å². The van der Waals surface area contributed by atoms with Gasteiger partial charge in [-0.25, -0.2) is 13.4 Å². The molecule has 142 valence electrons. The maximum absolute atomic E-state index is 11.6. The van der Waals surface area contributed by atoms with E-state index in [9.17, 15) is 13.2 Å². The lowest BCUT2D eigenvalue weighted by atomic mass is 10.1. The maximum atomic E-state index is 11.6. The number of sulfone groups is 1. The molecule has 0 radical (unpaired) electrons. The first-order chi connectivity index (χ1) is 11.2. The highest BCUT2D eigenvalue weighted by molar-refractivity contribution is 14.0. The maximum Gasteiger partial charge on any atom is 0.216 e. The predicted octanol–water partition coefficient (Wildman–Crippen LogP) is 1.21. The van der Waals surface area contributed by atoms with E-state index in [0.717, 1.165) is 12.1 Å². The molecule has 0 atom stereocenters. The molecule has 0 saturated carbocycles. The van der Waals surface area contributed by atoms with Crippen LogP contribution in [0.2, 0.25) is 0 Å². The summed E-state index contributed by atoms with van der Waals surface area (Å²) in [4.78, 5) is 15.6. The van der Waals surface area contributed by atoms with Gasteiger partial charge in [-0.05, 0) is 31.0 Å². The molecule has 0 unspecified atom stereocenters. The molecule has 0 fully saturated rings. The lowest BCUT2D eigenvalue weighted by Gasteiger charge is -2.12. The number of nitrogens with zero attached hydrogens (tertiary/aromatic N) is 1. The van der Waals surface area contributed by atoms with Gasteiger partial charge in [0.2, 0.25) is 5.91 Å². The van der Waals surface area contributed by atoms with Crippen LogP contribution in [0.5, 0.6) is 0 Å². The summed E-state index contributed by atoms with van der Waals surface area (Å²) in [6, 6.07) is 5.22. The molecule has 9 heteroatoms. The third-order valence-electron chi connectivity index (χ3n) is 3.19. The van der Waals surface area contributed by atoms with Gasteiger partial charge < -0.3 is 16.0 Å². The molecule has 0 spiro atoms. The van der Waals surface area contributed by atoms with Gasteiger partial charge >= 0.3 is 0 Å². The molecule has 7 nitrogen and oxygen atoms in total. The van der Waals surface area contributed by atoms with Crippen LogP contribution in [0.1, 0.15) is 25.0 Å². The van der Waals surface area contributed by atoms with Crippen LogP contribution in [0, 0.1) is 6.92 Å². The lowest BCUT2D eigenvalue weighted by Crippen LogP contribution is -2.41. The second-order valence-corrected chi connectivity index (χ2v) is 7.46. The first-order valence-corrected chi connectivity index (χ1v) is 9.69. The normalized spacial score (nSPS) is 11.4. The van der Waals surface area contributed by atoms with E-state index >= 15 is 0 Å². The van der Waals surface area contributed by atoms with Crippen LogP contribution in [0.25, 0.3) is 0 Å². The van der Waals surface area contributed by atoms with Gasteiger partial charge in [-0.1, -0.05) is 12.1 Å². The number of benzene rings is 1. The van der Waals surface area contributed by atoms with Crippen molar-refractivity contribution in [2.24, 2.45) is 4.99 Å². The molecule has 1 rings (SSSR count). The summed E-state index contributed by atoms with van der Waals surface area (Å²) >= 11 is 0. The summed E-state index contributed by atoms with van der Waals surface area (Å²) in [6.07, 6.45) is 1.20. The van der Waals surface area contributed by atoms with E-state index in [0.29, 0.717) is 36.1 Å². The summed E-state index contributed by atoms with van der Waals surface area (Å²) < 4.78 is 23.3. The smallest absolute Gasteiger partial charge is 0.216 e. The van der Waals surface area contributed by atoms with Crippen molar-refractivity contribution in [1.29, 1.82) is 0 Å². The molecule has 1 aromatic carbocycles. The van der Waals surface area contributed by atoms with E-state index in [2.05, 4.69) is 20.9 Å². The lowest BCUT2D eigenvalue weighted by molar-refractivity contribution is -0.118. The van der Waals surface area contributed by atoms with Gasteiger partial charge in [0.05, 0.1) is 11.4 Å². The van der Waals surface area contributed by atoms with Crippen LogP contribution in [-0.2, 0) is 21.2 Å². The molecule has 0 bridgehead atoms. The van der Waals surface area contributed by atoms with E-state index in [1.165, 1.54) is 13.2 Å². The number of halogens is 1. The van der Waals surface area contributed by atoms with E-state index in [1.54, 1.807) is 19.1 Å². The van der Waals surface area contributed by atoms with Gasteiger partial charge in [-0.2, -0.15) is 0 Å². The van der Waals surface area contributed by atoms with Crippen molar-refractivity contribution >= 4 is 45.7 Å². The largest absolute Gasteiger partial charge is 0.357 e. The minimum Gasteiger partial charge on any atom is -0.357 e.